The number of anilines is 2. The number of benzene rings is 1. The third kappa shape index (κ3) is 4.25. The van der Waals surface area contributed by atoms with Crippen molar-refractivity contribution in [3.8, 4) is 11.4 Å². The van der Waals surface area contributed by atoms with Crippen molar-refractivity contribution >= 4 is 17.4 Å². The lowest BCUT2D eigenvalue weighted by atomic mass is 10.1. The summed E-state index contributed by atoms with van der Waals surface area (Å²) in [7, 11) is 3.28. The van der Waals surface area contributed by atoms with Crippen molar-refractivity contribution < 1.29 is 18.0 Å². The summed E-state index contributed by atoms with van der Waals surface area (Å²) in [5.41, 5.74) is 0.214. The Morgan fingerprint density at radius 2 is 1.86 bits per heavy atom. The summed E-state index contributed by atoms with van der Waals surface area (Å²) in [6, 6.07) is 9.38. The molecule has 1 aromatic carbocycles. The van der Waals surface area contributed by atoms with E-state index < -0.39 is 11.7 Å². The lowest BCUT2D eigenvalue weighted by molar-refractivity contribution is -0.137. The molecule has 0 fully saturated rings. The highest BCUT2D eigenvalue weighted by molar-refractivity contribution is 5.99. The van der Waals surface area contributed by atoms with Gasteiger partial charge in [-0.2, -0.15) is 13.2 Å². The summed E-state index contributed by atoms with van der Waals surface area (Å²) in [4.78, 5) is 25.7. The van der Waals surface area contributed by atoms with Crippen LogP contribution in [0.15, 0.2) is 55.0 Å². The Balaban J connectivity index is 1.93. The Kier molecular flexibility index (Phi) is 5.25. The van der Waals surface area contributed by atoms with Crippen molar-refractivity contribution in [3.63, 3.8) is 0 Å². The first-order valence-corrected chi connectivity index (χ1v) is 8.19. The molecule has 0 aliphatic rings. The summed E-state index contributed by atoms with van der Waals surface area (Å²) in [6.45, 7) is 0. The molecule has 9 heteroatoms. The molecule has 0 aliphatic carbocycles. The number of hydrogen-bond donors (Lipinski definition) is 1. The first-order valence-electron chi connectivity index (χ1n) is 8.19. The topological polar surface area (TPSA) is 71.0 Å². The molecule has 2 heterocycles. The predicted octanol–water partition coefficient (Wildman–Crippen LogP) is 4.00. The van der Waals surface area contributed by atoms with Gasteiger partial charge in [0, 0.05) is 38.2 Å². The van der Waals surface area contributed by atoms with Gasteiger partial charge in [0.15, 0.2) is 5.82 Å². The maximum absolute atomic E-state index is 12.9. The minimum Gasteiger partial charge on any atom is -0.345 e. The fraction of sp³-hybridized carbons (Fsp3) is 0.158. The van der Waals surface area contributed by atoms with Crippen LogP contribution in [0.1, 0.15) is 15.9 Å². The third-order valence-corrected chi connectivity index (χ3v) is 3.81. The number of nitrogens with zero attached hydrogens (tertiary/aromatic N) is 4. The standard InChI is InChI=1S/C19H16F3N5O/c1-27(2)18(28)14-5-3-4-6-15(14)25-16-7-8-24-17(26-16)12-9-13(11-23-10-12)19(20,21)22/h3-11H,1-2H3,(H,24,25,26). The second-order valence-corrected chi connectivity index (χ2v) is 6.10. The molecule has 0 radical (unpaired) electrons. The van der Waals surface area contributed by atoms with Crippen LogP contribution >= 0.6 is 0 Å². The number of carbonyl (C=O) groups excluding carboxylic acids is 1. The van der Waals surface area contributed by atoms with Crippen LogP contribution in [-0.2, 0) is 6.18 Å². The highest BCUT2D eigenvalue weighted by atomic mass is 19.4. The molecule has 0 atom stereocenters. The van der Waals surface area contributed by atoms with Crippen LogP contribution in [-0.4, -0.2) is 39.9 Å². The molecule has 2 aromatic heterocycles. The molecule has 1 amide bonds. The Hall–Kier alpha value is -3.49. The van der Waals surface area contributed by atoms with E-state index in [-0.39, 0.29) is 17.3 Å². The summed E-state index contributed by atoms with van der Waals surface area (Å²) in [6.07, 6.45) is -1.09. The number of aromatic nitrogens is 3. The van der Waals surface area contributed by atoms with E-state index in [4.69, 9.17) is 0 Å². The molecule has 0 saturated carbocycles. The predicted molar refractivity (Wildman–Crippen MR) is 98.0 cm³/mol. The molecule has 1 N–H and O–H groups in total. The van der Waals surface area contributed by atoms with Crippen LogP contribution in [0.4, 0.5) is 24.7 Å². The molecular weight excluding hydrogens is 371 g/mol. The average Bonchev–Trinajstić information content (AvgIpc) is 2.67. The first kappa shape index (κ1) is 19.3. The van der Waals surface area contributed by atoms with Gasteiger partial charge in [-0.3, -0.25) is 9.78 Å². The van der Waals surface area contributed by atoms with Gasteiger partial charge in [-0.15, -0.1) is 0 Å². The highest BCUT2D eigenvalue weighted by Crippen LogP contribution is 2.31. The van der Waals surface area contributed by atoms with Crippen molar-refractivity contribution in [2.45, 2.75) is 6.18 Å². The summed E-state index contributed by atoms with van der Waals surface area (Å²) >= 11 is 0. The van der Waals surface area contributed by atoms with Crippen molar-refractivity contribution in [2.24, 2.45) is 0 Å². The van der Waals surface area contributed by atoms with Gasteiger partial charge in [0.25, 0.3) is 5.91 Å². The second kappa shape index (κ2) is 7.63. The fourth-order valence-corrected chi connectivity index (χ4v) is 2.44. The van der Waals surface area contributed by atoms with Crippen LogP contribution in [0.5, 0.6) is 0 Å². The minimum atomic E-state index is -4.51. The van der Waals surface area contributed by atoms with Crippen LogP contribution in [0, 0.1) is 0 Å². The van der Waals surface area contributed by atoms with Crippen LogP contribution in [0.25, 0.3) is 11.4 Å². The van der Waals surface area contributed by atoms with Crippen LogP contribution < -0.4 is 5.32 Å². The van der Waals surface area contributed by atoms with Gasteiger partial charge in [-0.25, -0.2) is 9.97 Å². The van der Waals surface area contributed by atoms with E-state index in [0.29, 0.717) is 17.1 Å². The molecule has 3 rings (SSSR count). The van der Waals surface area contributed by atoms with Crippen molar-refractivity contribution in [1.29, 1.82) is 0 Å². The highest BCUT2D eigenvalue weighted by Gasteiger charge is 2.31. The summed E-state index contributed by atoms with van der Waals surface area (Å²) in [5.74, 6) is 0.223. The number of rotatable bonds is 4. The number of para-hydroxylation sites is 1. The van der Waals surface area contributed by atoms with Gasteiger partial charge in [0.05, 0.1) is 16.8 Å². The van der Waals surface area contributed by atoms with Crippen LogP contribution in [0.3, 0.4) is 0 Å². The van der Waals surface area contributed by atoms with Gasteiger partial charge < -0.3 is 10.2 Å². The lowest BCUT2D eigenvalue weighted by Crippen LogP contribution is -2.22. The number of hydrogen-bond acceptors (Lipinski definition) is 5. The molecule has 144 valence electrons. The zero-order valence-corrected chi connectivity index (χ0v) is 15.0. The van der Waals surface area contributed by atoms with E-state index >= 15 is 0 Å². The molecule has 0 unspecified atom stereocenters. The van der Waals surface area contributed by atoms with E-state index in [1.165, 1.54) is 17.3 Å². The fourth-order valence-electron chi connectivity index (χ4n) is 2.44. The monoisotopic (exact) mass is 387 g/mol. The smallest absolute Gasteiger partial charge is 0.345 e. The Bertz CT molecular complexity index is 1000. The van der Waals surface area contributed by atoms with Crippen LogP contribution in [0.2, 0.25) is 0 Å². The number of halogens is 3. The number of nitrogens with one attached hydrogen (secondary N) is 1. The van der Waals surface area contributed by atoms with E-state index in [1.807, 2.05) is 0 Å². The molecule has 0 aliphatic heterocycles. The minimum absolute atomic E-state index is 0.0833. The van der Waals surface area contributed by atoms with Gasteiger partial charge in [-0.1, -0.05) is 12.1 Å². The Labute approximate surface area is 159 Å². The number of alkyl halides is 3. The van der Waals surface area contributed by atoms with Gasteiger partial charge in [-0.05, 0) is 24.3 Å². The molecule has 3 aromatic rings. The quantitative estimate of drug-likeness (QED) is 0.733. The average molecular weight is 387 g/mol. The van der Waals surface area contributed by atoms with Crippen molar-refractivity contribution in [2.75, 3.05) is 19.4 Å². The van der Waals surface area contributed by atoms with Gasteiger partial charge >= 0.3 is 6.18 Å². The van der Waals surface area contributed by atoms with E-state index in [2.05, 4.69) is 20.3 Å². The maximum atomic E-state index is 12.9. The number of pyridine rings is 1. The SMILES string of the molecule is CN(C)C(=O)c1ccccc1Nc1ccnc(-c2cncc(C(F)(F)F)c2)n1. The van der Waals surface area contributed by atoms with E-state index in [0.717, 1.165) is 12.3 Å². The number of amides is 1. The molecular formula is C19H16F3N5O. The van der Waals surface area contributed by atoms with E-state index in [1.54, 1.807) is 44.4 Å². The zero-order valence-electron chi connectivity index (χ0n) is 15.0. The van der Waals surface area contributed by atoms with Gasteiger partial charge in [0.1, 0.15) is 5.82 Å². The third-order valence-electron chi connectivity index (χ3n) is 3.81. The van der Waals surface area contributed by atoms with Gasteiger partial charge in [0.2, 0.25) is 0 Å². The Morgan fingerprint density at radius 1 is 1.11 bits per heavy atom. The summed E-state index contributed by atoms with van der Waals surface area (Å²) in [5, 5.41) is 3.02. The second-order valence-electron chi connectivity index (χ2n) is 6.10. The molecule has 0 spiro atoms. The maximum Gasteiger partial charge on any atom is 0.417 e. The normalized spacial score (nSPS) is 11.2. The lowest BCUT2D eigenvalue weighted by Gasteiger charge is -2.15. The van der Waals surface area contributed by atoms with E-state index in [9.17, 15) is 18.0 Å². The molecule has 0 saturated heterocycles. The molecule has 0 bridgehead atoms. The summed E-state index contributed by atoms with van der Waals surface area (Å²) < 4.78 is 38.7. The number of carbonyl (C=O) groups is 1. The Morgan fingerprint density at radius 3 is 2.57 bits per heavy atom. The van der Waals surface area contributed by atoms with Crippen molar-refractivity contribution in [1.82, 2.24) is 19.9 Å². The zero-order chi connectivity index (χ0) is 20.3. The van der Waals surface area contributed by atoms with Crippen molar-refractivity contribution in [3.05, 3.63) is 66.1 Å². The molecule has 6 nitrogen and oxygen atoms in total. The molecule has 28 heavy (non-hydrogen) atoms. The first-order chi connectivity index (χ1) is 13.3. The largest absolute Gasteiger partial charge is 0.417 e.